The first-order chi connectivity index (χ1) is 28.0. The number of aliphatic hydroxyl groups is 1. The van der Waals surface area contributed by atoms with Crippen LogP contribution in [0.25, 0.3) is 22.3 Å². The number of anilines is 1. The van der Waals surface area contributed by atoms with E-state index in [4.69, 9.17) is 66.4 Å². The molecule has 12 atom stereocenters. The Balaban J connectivity index is 1.10. The average molecular weight is 900 g/mol. The molecule has 3 fully saturated rings. The van der Waals surface area contributed by atoms with Crippen LogP contribution in [0.5, 0.6) is 0 Å². The van der Waals surface area contributed by atoms with Crippen LogP contribution in [0.2, 0.25) is 0 Å². The smallest absolute Gasteiger partial charge is 0.481 e. The number of carbonyl (C=O) groups is 2. The fraction of sp³-hybridized carbons (Fsp3) is 0.562. The van der Waals surface area contributed by atoms with Crippen LogP contribution in [0.4, 0.5) is 10.6 Å². The summed E-state index contributed by atoms with van der Waals surface area (Å²) in [6.07, 6.45) is -3.28. The fourth-order valence-corrected chi connectivity index (χ4v) is 10.2. The van der Waals surface area contributed by atoms with Crippen molar-refractivity contribution < 1.29 is 66.6 Å². The summed E-state index contributed by atoms with van der Waals surface area (Å²) in [4.78, 5) is 74.0. The van der Waals surface area contributed by atoms with E-state index in [1.54, 1.807) is 26.0 Å². The molecule has 0 spiro atoms. The summed E-state index contributed by atoms with van der Waals surface area (Å²) in [6.45, 7) is -6.50. The van der Waals surface area contributed by atoms with Crippen LogP contribution >= 0.6 is 13.4 Å². The summed E-state index contributed by atoms with van der Waals surface area (Å²) in [5.41, 5.74) is 6.58. The molecule has 4 aliphatic rings. The molecule has 8 rings (SSSR count). The third-order valence-corrected chi connectivity index (χ3v) is 13.7. The van der Waals surface area contributed by atoms with Gasteiger partial charge in [0.05, 0.1) is 37.0 Å². The standard InChI is InChI=1S/C32H39N9O14P2S2/c1-15-19-26(36-11-34-15)40(13-38-19)29-24(53-31(45)50-16-5-3-4-7-32(2,8-6-16)30(43)44)22-18(52-29)10-49-57(47,59)55-23-21(42)17(9-48-56(46,58)54-22)51-28(23)41-14-39-20-25(33)35-12-37-27(20)41/h3,5,11-14,16-18,21-24,28-29,42H,4,6-10H2,1-2H3,(H,43,44)(H,46,58)(H,47,59)(H2,33,35,37)/b5-3+/t16?,17-,18-,21-,22-,23-,24-,28-,29-,32?,56?,57?/m1/s1. The van der Waals surface area contributed by atoms with Crippen molar-refractivity contribution in [1.29, 1.82) is 0 Å². The van der Waals surface area contributed by atoms with E-state index >= 15 is 0 Å². The predicted molar refractivity (Wildman–Crippen MR) is 207 cm³/mol. The average Bonchev–Trinajstić information content (AvgIpc) is 3.94. The molecule has 3 saturated heterocycles. The topological polar surface area (TPSA) is 302 Å². The highest BCUT2D eigenvalue weighted by Crippen LogP contribution is 2.54. The normalized spacial score (nSPS) is 37.3. The maximum Gasteiger partial charge on any atom is 0.509 e. The fourth-order valence-electron chi connectivity index (χ4n) is 7.33. The third kappa shape index (κ3) is 8.49. The Bertz CT molecular complexity index is 2390. The van der Waals surface area contributed by atoms with Gasteiger partial charge in [-0.25, -0.2) is 34.7 Å². The van der Waals surface area contributed by atoms with Gasteiger partial charge in [-0.05, 0) is 69.2 Å². The number of carboxylic acid groups (broad SMARTS) is 1. The maximum absolute atomic E-state index is 13.7. The molecular formula is C32H39N9O14P2S2. The Labute approximate surface area is 344 Å². The Kier molecular flexibility index (Phi) is 11.6. The Morgan fingerprint density at radius 2 is 1.51 bits per heavy atom. The number of aryl methyl sites for hydroxylation is 1. The minimum atomic E-state index is -4.37. The molecule has 0 aromatic carbocycles. The molecule has 318 valence electrons. The second-order valence-corrected chi connectivity index (χ2v) is 20.1. The van der Waals surface area contributed by atoms with E-state index in [0.717, 1.165) is 0 Å². The van der Waals surface area contributed by atoms with E-state index in [0.29, 0.717) is 24.1 Å². The number of ether oxygens (including phenoxy) is 4. The Hall–Kier alpha value is -3.68. The van der Waals surface area contributed by atoms with Gasteiger partial charge in [-0.1, -0.05) is 6.08 Å². The number of carboxylic acids is 1. The number of carbonyl (C=O) groups excluding carboxylic acids is 1. The Morgan fingerprint density at radius 3 is 2.24 bits per heavy atom. The van der Waals surface area contributed by atoms with Crippen LogP contribution in [0.3, 0.4) is 0 Å². The molecule has 6 N–H and O–H groups in total. The summed E-state index contributed by atoms with van der Waals surface area (Å²) in [5, 5.41) is 21.3. The number of nitrogens with two attached hydrogens (primary N) is 1. The zero-order valence-electron chi connectivity index (χ0n) is 31.1. The highest BCUT2D eigenvalue weighted by atomic mass is 32.5. The number of nitrogens with zero attached hydrogens (tertiary/aromatic N) is 8. The molecule has 0 radical (unpaired) electrons. The molecule has 27 heteroatoms. The van der Waals surface area contributed by atoms with Crippen LogP contribution in [0.1, 0.15) is 50.8 Å². The van der Waals surface area contributed by atoms with Crippen LogP contribution in [0.15, 0.2) is 37.5 Å². The molecule has 3 aliphatic heterocycles. The quantitative estimate of drug-likeness (QED) is 0.109. The SMILES string of the molecule is Cc1ncnc2c1ncn2[C@@H]1O[C@@H]2COP(O)(=S)O[C@@H]3[C@H](O)[C@@H](COP(O)(=S)O[C@H]2[C@H]1OC(=O)OC1/C=C/CCC(C)(C(=O)O)CC1)O[C@H]3n1cnc2c(N)ncnc21. The third-order valence-electron chi connectivity index (χ3n) is 10.6. The van der Waals surface area contributed by atoms with Crippen LogP contribution in [-0.4, -0.2) is 127 Å². The van der Waals surface area contributed by atoms with Crippen molar-refractivity contribution in [1.82, 2.24) is 39.0 Å². The molecule has 23 nitrogen and oxygen atoms in total. The van der Waals surface area contributed by atoms with Crippen LogP contribution in [-0.2, 0) is 65.5 Å². The second kappa shape index (κ2) is 16.3. The number of allylic oxidation sites excluding steroid dienone is 1. The lowest BCUT2D eigenvalue weighted by Gasteiger charge is -2.30. The maximum atomic E-state index is 13.7. The second-order valence-electron chi connectivity index (χ2n) is 14.5. The van der Waals surface area contributed by atoms with Gasteiger partial charge in [0.15, 0.2) is 35.7 Å². The molecule has 59 heavy (non-hydrogen) atoms. The van der Waals surface area contributed by atoms with Gasteiger partial charge >= 0.3 is 25.6 Å². The molecule has 7 heterocycles. The number of aliphatic carboxylic acids is 1. The number of hydrogen-bond acceptors (Lipinski definition) is 20. The first-order valence-electron chi connectivity index (χ1n) is 18.2. The number of aromatic nitrogens is 8. The van der Waals surface area contributed by atoms with Crippen molar-refractivity contribution in [3.05, 3.63) is 43.2 Å². The van der Waals surface area contributed by atoms with Crippen molar-refractivity contribution in [2.24, 2.45) is 5.41 Å². The summed E-state index contributed by atoms with van der Waals surface area (Å²) in [7, 11) is 0. The van der Waals surface area contributed by atoms with E-state index < -0.39 is 99.4 Å². The lowest BCUT2D eigenvalue weighted by molar-refractivity contribution is -0.149. The first kappa shape index (κ1) is 42.0. The van der Waals surface area contributed by atoms with Crippen molar-refractivity contribution in [2.75, 3.05) is 18.9 Å². The zero-order chi connectivity index (χ0) is 41.9. The summed E-state index contributed by atoms with van der Waals surface area (Å²) in [6, 6.07) is 0. The molecular weight excluding hydrogens is 860 g/mol. The van der Waals surface area contributed by atoms with Crippen molar-refractivity contribution >= 4 is 77.3 Å². The molecule has 1 aliphatic carbocycles. The Morgan fingerprint density at radius 1 is 0.881 bits per heavy atom. The molecule has 4 unspecified atom stereocenters. The van der Waals surface area contributed by atoms with Gasteiger partial charge in [0.1, 0.15) is 60.3 Å². The number of nitrogen functional groups attached to an aromatic ring is 1. The molecule has 4 aromatic rings. The van der Waals surface area contributed by atoms with Gasteiger partial charge in [-0.15, -0.1) is 0 Å². The number of imidazole rings is 2. The largest absolute Gasteiger partial charge is 0.509 e. The van der Waals surface area contributed by atoms with Gasteiger partial charge in [-0.3, -0.25) is 23.0 Å². The lowest BCUT2D eigenvalue weighted by atomic mass is 9.79. The molecule has 0 saturated carbocycles. The summed E-state index contributed by atoms with van der Waals surface area (Å²) < 4.78 is 50.5. The summed E-state index contributed by atoms with van der Waals surface area (Å²) in [5.74, 6) is -0.885. The van der Waals surface area contributed by atoms with E-state index in [1.165, 1.54) is 34.4 Å². The van der Waals surface area contributed by atoms with Crippen molar-refractivity contribution in [2.45, 2.75) is 94.7 Å². The van der Waals surface area contributed by atoms with E-state index in [1.807, 2.05) is 0 Å². The molecule has 2 bridgehead atoms. The van der Waals surface area contributed by atoms with Crippen LogP contribution < -0.4 is 5.73 Å². The number of rotatable bonds is 5. The van der Waals surface area contributed by atoms with Crippen molar-refractivity contribution in [3.8, 4) is 0 Å². The molecule has 4 aromatic heterocycles. The van der Waals surface area contributed by atoms with Gasteiger partial charge in [-0.2, -0.15) is 0 Å². The van der Waals surface area contributed by atoms with Crippen LogP contribution in [0, 0.1) is 12.3 Å². The first-order valence-corrected chi connectivity index (χ1v) is 23.4. The van der Waals surface area contributed by atoms with Gasteiger partial charge in [0, 0.05) is 0 Å². The number of aliphatic hydroxyl groups excluding tert-OH is 1. The predicted octanol–water partition coefficient (Wildman–Crippen LogP) is 2.07. The number of hydrogen-bond donors (Lipinski definition) is 5. The van der Waals surface area contributed by atoms with Gasteiger partial charge < -0.3 is 53.7 Å². The molecule has 0 amide bonds. The number of fused-ring (bicyclic) bond motifs is 5. The van der Waals surface area contributed by atoms with E-state index in [2.05, 4.69) is 29.9 Å². The zero-order valence-corrected chi connectivity index (χ0v) is 34.6. The van der Waals surface area contributed by atoms with Gasteiger partial charge in [0.2, 0.25) is 0 Å². The minimum Gasteiger partial charge on any atom is -0.481 e. The highest BCUT2D eigenvalue weighted by Gasteiger charge is 2.54. The van der Waals surface area contributed by atoms with Crippen molar-refractivity contribution in [3.63, 3.8) is 0 Å². The van der Waals surface area contributed by atoms with Gasteiger partial charge in [0.25, 0.3) is 0 Å². The highest BCUT2D eigenvalue weighted by molar-refractivity contribution is 8.07. The monoisotopic (exact) mass is 899 g/mol. The minimum absolute atomic E-state index is 0.0757. The lowest BCUT2D eigenvalue weighted by Crippen LogP contribution is -2.40. The summed E-state index contributed by atoms with van der Waals surface area (Å²) >= 11 is 10.9. The van der Waals surface area contributed by atoms with E-state index in [9.17, 15) is 29.6 Å². The van der Waals surface area contributed by atoms with E-state index in [-0.39, 0.29) is 35.5 Å².